The SMILES string of the molecule is Cc1ccc2nc(N3C(=O)C(=O)/C(=C(/O)c4ccc5c(c4)CC(C)O5)C3c3ccccc3)sc2c1. The van der Waals surface area contributed by atoms with Gasteiger partial charge in [-0.1, -0.05) is 47.7 Å². The number of fused-ring (bicyclic) bond motifs is 2. The molecule has 0 radical (unpaired) electrons. The number of ketones is 1. The Morgan fingerprint density at radius 3 is 2.69 bits per heavy atom. The second kappa shape index (κ2) is 8.06. The Bertz CT molecular complexity index is 1540. The van der Waals surface area contributed by atoms with Crippen LogP contribution in [0.3, 0.4) is 0 Å². The molecule has 1 saturated heterocycles. The van der Waals surface area contributed by atoms with E-state index >= 15 is 0 Å². The molecule has 174 valence electrons. The number of anilines is 1. The maximum absolute atomic E-state index is 13.4. The summed E-state index contributed by atoms with van der Waals surface area (Å²) in [5, 5.41) is 11.8. The van der Waals surface area contributed by atoms with Gasteiger partial charge in [-0.15, -0.1) is 0 Å². The van der Waals surface area contributed by atoms with Crippen molar-refractivity contribution in [1.29, 1.82) is 0 Å². The number of nitrogens with zero attached hydrogens (tertiary/aromatic N) is 2. The van der Waals surface area contributed by atoms with Crippen LogP contribution < -0.4 is 9.64 Å². The van der Waals surface area contributed by atoms with Gasteiger partial charge < -0.3 is 9.84 Å². The first-order valence-electron chi connectivity index (χ1n) is 11.4. The van der Waals surface area contributed by atoms with Crippen molar-refractivity contribution < 1.29 is 19.4 Å². The molecule has 6 rings (SSSR count). The summed E-state index contributed by atoms with van der Waals surface area (Å²) in [6.07, 6.45) is 0.776. The smallest absolute Gasteiger partial charge is 0.301 e. The summed E-state index contributed by atoms with van der Waals surface area (Å²) < 4.78 is 6.71. The molecule has 1 N–H and O–H groups in total. The van der Waals surface area contributed by atoms with E-state index in [1.807, 2.05) is 68.4 Å². The summed E-state index contributed by atoms with van der Waals surface area (Å²) >= 11 is 1.36. The summed E-state index contributed by atoms with van der Waals surface area (Å²) in [5.41, 5.74) is 4.08. The highest BCUT2D eigenvalue weighted by Crippen LogP contribution is 2.44. The predicted molar refractivity (Wildman–Crippen MR) is 136 cm³/mol. The van der Waals surface area contributed by atoms with Crippen molar-refractivity contribution in [2.75, 3.05) is 4.90 Å². The van der Waals surface area contributed by atoms with Crippen LogP contribution in [0.1, 0.15) is 35.2 Å². The van der Waals surface area contributed by atoms with Gasteiger partial charge >= 0.3 is 5.91 Å². The quantitative estimate of drug-likeness (QED) is 0.235. The molecule has 0 bridgehead atoms. The minimum Gasteiger partial charge on any atom is -0.507 e. The molecule has 3 aromatic carbocycles. The maximum Gasteiger partial charge on any atom is 0.301 e. The molecule has 2 aliphatic rings. The summed E-state index contributed by atoms with van der Waals surface area (Å²) in [6, 6.07) is 19.7. The van der Waals surface area contributed by atoms with Gasteiger partial charge in [0.1, 0.15) is 17.6 Å². The topological polar surface area (TPSA) is 79.7 Å². The van der Waals surface area contributed by atoms with E-state index in [0.717, 1.165) is 39.1 Å². The molecule has 1 aromatic heterocycles. The molecule has 0 spiro atoms. The van der Waals surface area contributed by atoms with Crippen LogP contribution in [0.15, 0.2) is 72.3 Å². The average Bonchev–Trinajstić information content (AvgIpc) is 3.51. The monoisotopic (exact) mass is 482 g/mol. The largest absolute Gasteiger partial charge is 0.507 e. The Morgan fingerprint density at radius 1 is 1.09 bits per heavy atom. The molecule has 0 saturated carbocycles. The number of hydrogen-bond acceptors (Lipinski definition) is 6. The minimum absolute atomic E-state index is 0.0555. The first-order chi connectivity index (χ1) is 16.9. The van der Waals surface area contributed by atoms with Gasteiger partial charge in [0.05, 0.1) is 21.8 Å². The van der Waals surface area contributed by atoms with Crippen LogP contribution in [-0.4, -0.2) is 27.9 Å². The fraction of sp³-hybridized carbons (Fsp3) is 0.179. The standard InChI is InChI=1S/C28H22N2O4S/c1-15-8-10-20-22(12-15)35-28(29-20)30-24(17-6-4-3-5-7-17)23(26(32)27(30)33)25(31)18-9-11-21-19(14-18)13-16(2)34-21/h3-12,14,16,24,31H,13H2,1-2H3/b25-23+. The number of ether oxygens (including phenoxy) is 1. The Kier molecular flexibility index (Phi) is 4.96. The number of aromatic nitrogens is 1. The number of aliphatic hydroxyl groups is 1. The summed E-state index contributed by atoms with van der Waals surface area (Å²) in [5.74, 6) is -0.843. The summed E-state index contributed by atoms with van der Waals surface area (Å²) in [4.78, 5) is 32.9. The van der Waals surface area contributed by atoms with E-state index in [0.29, 0.717) is 10.7 Å². The maximum atomic E-state index is 13.4. The van der Waals surface area contributed by atoms with Gasteiger partial charge in [0.15, 0.2) is 5.13 Å². The van der Waals surface area contributed by atoms with E-state index in [-0.39, 0.29) is 17.4 Å². The van der Waals surface area contributed by atoms with E-state index < -0.39 is 17.7 Å². The van der Waals surface area contributed by atoms with E-state index in [1.165, 1.54) is 16.2 Å². The fourth-order valence-electron chi connectivity index (χ4n) is 4.83. The third kappa shape index (κ3) is 3.51. The fourth-order valence-corrected chi connectivity index (χ4v) is 5.92. The third-order valence-electron chi connectivity index (χ3n) is 6.47. The van der Waals surface area contributed by atoms with Crippen molar-refractivity contribution in [3.8, 4) is 5.75 Å². The zero-order valence-electron chi connectivity index (χ0n) is 19.2. The van der Waals surface area contributed by atoms with Crippen LogP contribution in [0.5, 0.6) is 5.75 Å². The van der Waals surface area contributed by atoms with Crippen molar-refractivity contribution in [3.63, 3.8) is 0 Å². The van der Waals surface area contributed by atoms with Crippen LogP contribution in [0.25, 0.3) is 16.0 Å². The number of hydrogen-bond donors (Lipinski definition) is 1. The lowest BCUT2D eigenvalue weighted by Crippen LogP contribution is -2.29. The van der Waals surface area contributed by atoms with Crippen molar-refractivity contribution >= 4 is 44.1 Å². The molecule has 7 heteroatoms. The third-order valence-corrected chi connectivity index (χ3v) is 7.49. The van der Waals surface area contributed by atoms with Crippen LogP contribution in [0, 0.1) is 6.92 Å². The molecular formula is C28H22N2O4S. The average molecular weight is 483 g/mol. The van der Waals surface area contributed by atoms with Gasteiger partial charge in [-0.3, -0.25) is 14.5 Å². The number of carbonyl (C=O) groups is 2. The highest BCUT2D eigenvalue weighted by Gasteiger charge is 2.48. The number of carbonyl (C=O) groups excluding carboxylic acids is 2. The summed E-state index contributed by atoms with van der Waals surface area (Å²) in [6.45, 7) is 3.98. The second-order valence-corrected chi connectivity index (χ2v) is 10.0. The van der Waals surface area contributed by atoms with E-state index in [4.69, 9.17) is 4.74 Å². The minimum atomic E-state index is -0.790. The first-order valence-corrected chi connectivity index (χ1v) is 12.3. The molecule has 1 amide bonds. The van der Waals surface area contributed by atoms with Gasteiger partial charge in [0.25, 0.3) is 5.78 Å². The molecular weight excluding hydrogens is 460 g/mol. The molecule has 0 aliphatic carbocycles. The Morgan fingerprint density at radius 2 is 1.89 bits per heavy atom. The van der Waals surface area contributed by atoms with Gasteiger partial charge in [0, 0.05) is 12.0 Å². The predicted octanol–water partition coefficient (Wildman–Crippen LogP) is 5.55. The number of Topliss-reactive ketones (excluding diaryl/α,β-unsaturated/α-hetero) is 1. The number of amides is 1. The molecule has 4 aromatic rings. The van der Waals surface area contributed by atoms with Crippen molar-refractivity contribution in [2.24, 2.45) is 0 Å². The zero-order valence-corrected chi connectivity index (χ0v) is 20.0. The number of aryl methyl sites for hydroxylation is 1. The van der Waals surface area contributed by atoms with Crippen molar-refractivity contribution in [3.05, 3.63) is 94.6 Å². The second-order valence-electron chi connectivity index (χ2n) is 9.00. The highest BCUT2D eigenvalue weighted by molar-refractivity contribution is 7.22. The lowest BCUT2D eigenvalue weighted by molar-refractivity contribution is -0.132. The molecule has 2 aliphatic heterocycles. The molecule has 2 atom stereocenters. The number of benzene rings is 3. The van der Waals surface area contributed by atoms with Gasteiger partial charge in [0.2, 0.25) is 0 Å². The lowest BCUT2D eigenvalue weighted by atomic mass is 9.94. The van der Waals surface area contributed by atoms with Gasteiger partial charge in [-0.05, 0) is 60.9 Å². The Labute approximate surface area is 206 Å². The first kappa shape index (κ1) is 21.6. The van der Waals surface area contributed by atoms with Crippen LogP contribution >= 0.6 is 11.3 Å². The highest BCUT2D eigenvalue weighted by atomic mass is 32.1. The van der Waals surface area contributed by atoms with Gasteiger partial charge in [-0.2, -0.15) is 0 Å². The number of thiazole rings is 1. The van der Waals surface area contributed by atoms with Crippen molar-refractivity contribution in [1.82, 2.24) is 4.98 Å². The number of rotatable bonds is 3. The van der Waals surface area contributed by atoms with E-state index in [2.05, 4.69) is 4.98 Å². The van der Waals surface area contributed by atoms with Crippen LogP contribution in [-0.2, 0) is 16.0 Å². The molecule has 6 nitrogen and oxygen atoms in total. The zero-order chi connectivity index (χ0) is 24.3. The summed E-state index contributed by atoms with van der Waals surface area (Å²) in [7, 11) is 0. The molecule has 3 heterocycles. The van der Waals surface area contributed by atoms with E-state index in [1.54, 1.807) is 12.1 Å². The van der Waals surface area contributed by atoms with E-state index in [9.17, 15) is 14.7 Å². The Hall–Kier alpha value is -3.97. The Balaban J connectivity index is 1.53. The number of aliphatic hydroxyl groups excluding tert-OH is 1. The lowest BCUT2D eigenvalue weighted by Gasteiger charge is -2.23. The van der Waals surface area contributed by atoms with Crippen molar-refractivity contribution in [2.45, 2.75) is 32.4 Å². The van der Waals surface area contributed by atoms with Gasteiger partial charge in [-0.25, -0.2) is 4.98 Å². The molecule has 2 unspecified atom stereocenters. The van der Waals surface area contributed by atoms with Crippen LogP contribution in [0.4, 0.5) is 5.13 Å². The van der Waals surface area contributed by atoms with Crippen LogP contribution in [0.2, 0.25) is 0 Å². The molecule has 35 heavy (non-hydrogen) atoms. The molecule has 1 fully saturated rings. The normalized spacial score (nSPS) is 20.9.